The Morgan fingerprint density at radius 2 is 1.43 bits per heavy atom. The summed E-state index contributed by atoms with van der Waals surface area (Å²) >= 11 is 0. The van der Waals surface area contributed by atoms with Gasteiger partial charge in [-0.3, -0.25) is 4.79 Å². The second-order valence-corrected chi connectivity index (χ2v) is 9.80. The van der Waals surface area contributed by atoms with Gasteiger partial charge in [-0.15, -0.1) is 0 Å². The maximum Gasteiger partial charge on any atom is 0.197 e. The molecule has 1 aromatic heterocycles. The number of aliphatic hydroxyl groups is 7. The molecule has 0 aliphatic carbocycles. The summed E-state index contributed by atoms with van der Waals surface area (Å²) in [5.41, 5.74) is -2.15. The van der Waals surface area contributed by atoms with Crippen LogP contribution in [0.15, 0.2) is 39.5 Å². The number of aromatic hydroxyl groups is 3. The van der Waals surface area contributed by atoms with E-state index >= 15 is 0 Å². The van der Waals surface area contributed by atoms with Gasteiger partial charge in [0.2, 0.25) is 0 Å². The van der Waals surface area contributed by atoms with Gasteiger partial charge in [0, 0.05) is 11.6 Å². The number of aliphatic hydroxyl groups excluding tert-OH is 7. The Hall–Kier alpha value is -3.31. The Morgan fingerprint density at radius 1 is 0.775 bits per heavy atom. The smallest absolute Gasteiger partial charge is 0.197 e. The number of rotatable bonds is 4. The summed E-state index contributed by atoms with van der Waals surface area (Å²) in [6.07, 6.45) is -15.7. The van der Waals surface area contributed by atoms with Crippen LogP contribution in [0.1, 0.15) is 23.3 Å². The summed E-state index contributed by atoms with van der Waals surface area (Å²) in [7, 11) is 0. The molecule has 2 aliphatic heterocycles. The molecule has 14 heteroatoms. The minimum Gasteiger partial charge on any atom is -0.508 e. The van der Waals surface area contributed by atoms with Crippen LogP contribution in [0.3, 0.4) is 0 Å². The van der Waals surface area contributed by atoms with Crippen molar-refractivity contribution in [1.29, 1.82) is 0 Å². The van der Waals surface area contributed by atoms with E-state index in [0.717, 1.165) is 6.07 Å². The van der Waals surface area contributed by atoms with Gasteiger partial charge in [-0.25, -0.2) is 0 Å². The van der Waals surface area contributed by atoms with Crippen LogP contribution >= 0.6 is 0 Å². The van der Waals surface area contributed by atoms with Crippen LogP contribution in [0.25, 0.3) is 22.3 Å². The zero-order valence-corrected chi connectivity index (χ0v) is 20.6. The number of ether oxygens (including phenoxy) is 2. The van der Waals surface area contributed by atoms with Crippen molar-refractivity contribution in [2.45, 2.75) is 54.9 Å². The summed E-state index contributed by atoms with van der Waals surface area (Å²) in [6, 6.07) is 6.50. The standard InChI is InChI=1S/C26H28O14/c27-6-13-18(32)21(35)23(37)26(40-13)15-19(33)14-10(29)5-12(8-1-3-9(28)4-2-8)39-24(14)16(20(15)34)25-22(36)17(31)11(30)7-38-25/h1-5,11,13,17-18,21-23,25-28,30-37H,6-7H2/t11-,13+,17-,18+,21-,22+,23+,25-,26-/m1/s1. The predicted octanol–water partition coefficient (Wildman–Crippen LogP) is -1.75. The fraction of sp³-hybridized carbons (Fsp3) is 0.423. The monoisotopic (exact) mass is 564 g/mol. The van der Waals surface area contributed by atoms with Crippen molar-refractivity contribution in [2.24, 2.45) is 0 Å². The third-order valence-corrected chi connectivity index (χ3v) is 7.31. The minimum atomic E-state index is -1.98. The summed E-state index contributed by atoms with van der Waals surface area (Å²) in [5, 5.41) is 104. The van der Waals surface area contributed by atoms with Gasteiger partial charge in [0.15, 0.2) is 11.0 Å². The molecular formula is C26H28O14. The lowest BCUT2D eigenvalue weighted by Gasteiger charge is -2.41. The van der Waals surface area contributed by atoms with Gasteiger partial charge in [-0.1, -0.05) is 0 Å². The maximum atomic E-state index is 13.4. The minimum absolute atomic E-state index is 0.0710. The summed E-state index contributed by atoms with van der Waals surface area (Å²) in [6.45, 7) is -1.34. The Bertz CT molecular complexity index is 1450. The van der Waals surface area contributed by atoms with E-state index in [1.807, 2.05) is 0 Å². The molecule has 10 N–H and O–H groups in total. The summed E-state index contributed by atoms with van der Waals surface area (Å²) < 4.78 is 16.9. The Kier molecular flexibility index (Phi) is 7.47. The zero-order chi connectivity index (χ0) is 29.0. The Labute approximate surface area is 224 Å². The molecule has 9 atom stereocenters. The highest BCUT2D eigenvalue weighted by Crippen LogP contribution is 2.50. The second kappa shape index (κ2) is 10.6. The van der Waals surface area contributed by atoms with Gasteiger partial charge in [-0.2, -0.15) is 0 Å². The van der Waals surface area contributed by atoms with Crippen molar-refractivity contribution in [1.82, 2.24) is 0 Å². The molecule has 0 amide bonds. The lowest BCUT2D eigenvalue weighted by molar-refractivity contribution is -0.232. The van der Waals surface area contributed by atoms with Crippen LogP contribution in [-0.2, 0) is 9.47 Å². The molecule has 2 aromatic carbocycles. The van der Waals surface area contributed by atoms with E-state index in [9.17, 15) is 55.9 Å². The van der Waals surface area contributed by atoms with E-state index in [1.54, 1.807) is 0 Å². The highest BCUT2D eigenvalue weighted by Gasteiger charge is 2.48. The molecule has 0 spiro atoms. The van der Waals surface area contributed by atoms with E-state index < -0.39 is 107 Å². The van der Waals surface area contributed by atoms with Crippen molar-refractivity contribution in [2.75, 3.05) is 13.2 Å². The maximum absolute atomic E-state index is 13.4. The highest BCUT2D eigenvalue weighted by molar-refractivity contribution is 5.92. The molecule has 0 radical (unpaired) electrons. The number of hydrogen-bond acceptors (Lipinski definition) is 14. The van der Waals surface area contributed by atoms with Crippen LogP contribution in [0.2, 0.25) is 0 Å². The van der Waals surface area contributed by atoms with E-state index in [4.69, 9.17) is 13.9 Å². The number of fused-ring (bicyclic) bond motifs is 1. The molecule has 40 heavy (non-hydrogen) atoms. The first kappa shape index (κ1) is 28.2. The van der Waals surface area contributed by atoms with E-state index in [1.165, 1.54) is 24.3 Å². The lowest BCUT2D eigenvalue weighted by atomic mass is 9.85. The van der Waals surface area contributed by atoms with Crippen LogP contribution in [0, 0.1) is 0 Å². The average molecular weight is 564 g/mol. The van der Waals surface area contributed by atoms with Gasteiger partial charge in [-0.05, 0) is 24.3 Å². The number of phenols is 3. The largest absolute Gasteiger partial charge is 0.508 e. The number of hydrogen-bond donors (Lipinski definition) is 10. The quantitative estimate of drug-likeness (QED) is 0.169. The molecule has 0 saturated carbocycles. The normalized spacial score (nSPS) is 32.8. The van der Waals surface area contributed by atoms with Gasteiger partial charge in [0.25, 0.3) is 0 Å². The van der Waals surface area contributed by atoms with Crippen LogP contribution < -0.4 is 5.43 Å². The van der Waals surface area contributed by atoms with Crippen molar-refractivity contribution >= 4 is 11.0 Å². The van der Waals surface area contributed by atoms with E-state index in [-0.39, 0.29) is 11.5 Å². The molecule has 5 rings (SSSR count). The molecule has 216 valence electrons. The summed E-state index contributed by atoms with van der Waals surface area (Å²) in [4.78, 5) is 13.4. The molecule has 3 heterocycles. The lowest BCUT2D eigenvalue weighted by Crippen LogP contribution is -2.55. The molecule has 2 aliphatic rings. The molecule has 2 saturated heterocycles. The summed E-state index contributed by atoms with van der Waals surface area (Å²) in [5.74, 6) is -2.01. The van der Waals surface area contributed by atoms with Crippen molar-refractivity contribution < 1.29 is 65.0 Å². The number of phenolic OH excluding ortho intramolecular Hbond substituents is 3. The highest BCUT2D eigenvalue weighted by atomic mass is 16.5. The molecule has 0 bridgehead atoms. The average Bonchev–Trinajstić information content (AvgIpc) is 2.92. The predicted molar refractivity (Wildman–Crippen MR) is 132 cm³/mol. The SMILES string of the molecule is O=c1cc(-c2ccc(O)cc2)oc2c([C@H]3OC[C@@H](O)[C@@H](O)[C@@H]3O)c(O)c([C@H]3O[C@@H](CO)[C@H](O)[C@@H](O)[C@@H]3O)c(O)c12. The van der Waals surface area contributed by atoms with Crippen molar-refractivity contribution in [3.63, 3.8) is 0 Å². The van der Waals surface area contributed by atoms with E-state index in [2.05, 4.69) is 0 Å². The first-order chi connectivity index (χ1) is 19.0. The first-order valence-electron chi connectivity index (χ1n) is 12.3. The van der Waals surface area contributed by atoms with E-state index in [0.29, 0.717) is 5.56 Å². The van der Waals surface area contributed by atoms with Gasteiger partial charge in [0.05, 0.1) is 24.3 Å². The molecule has 14 nitrogen and oxygen atoms in total. The van der Waals surface area contributed by atoms with Crippen LogP contribution in [0.5, 0.6) is 17.2 Å². The molecule has 2 fully saturated rings. The van der Waals surface area contributed by atoms with Crippen molar-refractivity contribution in [3.05, 3.63) is 51.7 Å². The van der Waals surface area contributed by atoms with Crippen LogP contribution in [-0.4, -0.2) is 107 Å². The first-order valence-corrected chi connectivity index (χ1v) is 12.3. The Morgan fingerprint density at radius 3 is 2.08 bits per heavy atom. The molecule has 0 unspecified atom stereocenters. The zero-order valence-electron chi connectivity index (χ0n) is 20.6. The molecule has 3 aromatic rings. The molecular weight excluding hydrogens is 536 g/mol. The van der Waals surface area contributed by atoms with Gasteiger partial charge in [0.1, 0.15) is 83.3 Å². The topological polar surface area (TPSA) is 251 Å². The van der Waals surface area contributed by atoms with Gasteiger partial charge >= 0.3 is 0 Å². The third kappa shape index (κ3) is 4.49. The third-order valence-electron chi connectivity index (χ3n) is 7.31. The fourth-order valence-corrected chi connectivity index (χ4v) is 5.11. The Balaban J connectivity index is 1.80. The second-order valence-electron chi connectivity index (χ2n) is 9.80. The number of benzene rings is 2. The fourth-order valence-electron chi connectivity index (χ4n) is 5.11. The van der Waals surface area contributed by atoms with Crippen LogP contribution in [0.4, 0.5) is 0 Å². The van der Waals surface area contributed by atoms with Crippen molar-refractivity contribution in [3.8, 4) is 28.6 Å². The van der Waals surface area contributed by atoms with Gasteiger partial charge < -0.3 is 65.0 Å².